The van der Waals surface area contributed by atoms with Crippen molar-refractivity contribution in [3.05, 3.63) is 94.7 Å². The van der Waals surface area contributed by atoms with Gasteiger partial charge in [-0.3, -0.25) is 19.2 Å². The Kier molecular flexibility index (Phi) is 5.04. The maximum absolute atomic E-state index is 13.4. The van der Waals surface area contributed by atoms with Crippen LogP contribution in [-0.4, -0.2) is 71.8 Å². The van der Waals surface area contributed by atoms with Crippen molar-refractivity contribution in [3.8, 4) is 0 Å². The highest BCUT2D eigenvalue weighted by Gasteiger charge is 2.62. The number of Topliss-reactive ketones (excluding diaryl/α,β-unsaturated/α-hetero) is 1. The van der Waals surface area contributed by atoms with Gasteiger partial charge in [-0.15, -0.1) is 0 Å². The summed E-state index contributed by atoms with van der Waals surface area (Å²) in [6.07, 6.45) is 1.45. The van der Waals surface area contributed by atoms with E-state index in [1.54, 1.807) is 16.0 Å². The molecule has 10 nitrogen and oxygen atoms in total. The van der Waals surface area contributed by atoms with E-state index in [1.807, 2.05) is 50.5 Å². The molecule has 0 spiro atoms. The first-order chi connectivity index (χ1) is 20.7. The third-order valence-electron chi connectivity index (χ3n) is 10.2. The van der Waals surface area contributed by atoms with Gasteiger partial charge in [0.05, 0.1) is 21.9 Å². The average Bonchev–Trinajstić information content (AvgIpc) is 3.79. The van der Waals surface area contributed by atoms with Gasteiger partial charge in [-0.25, -0.2) is 0 Å². The Hall–Kier alpha value is -5.12. The molecule has 8 rings (SSSR count). The van der Waals surface area contributed by atoms with E-state index in [9.17, 15) is 19.2 Å². The van der Waals surface area contributed by atoms with Gasteiger partial charge in [0.15, 0.2) is 0 Å². The number of para-hydroxylation sites is 3. The molecule has 4 aliphatic rings. The molecular weight excluding hydrogens is 544 g/mol. The number of likely N-dealkylation sites (tertiary alicyclic amines) is 2. The molecule has 4 atom stereocenters. The zero-order chi connectivity index (χ0) is 29.8. The molecule has 2 saturated heterocycles. The van der Waals surface area contributed by atoms with Crippen molar-refractivity contribution in [1.29, 1.82) is 0 Å². The van der Waals surface area contributed by atoms with Crippen LogP contribution < -0.4 is 16.0 Å². The van der Waals surface area contributed by atoms with Crippen molar-refractivity contribution in [2.45, 2.75) is 36.0 Å². The summed E-state index contributed by atoms with van der Waals surface area (Å²) in [5, 5.41) is 10.4. The largest absolute Gasteiger partial charge is 0.364 e. The zero-order valence-electron chi connectivity index (χ0n) is 23.9. The molecule has 10 heteroatoms. The van der Waals surface area contributed by atoms with Crippen molar-refractivity contribution < 1.29 is 19.2 Å². The summed E-state index contributed by atoms with van der Waals surface area (Å²) in [6.45, 7) is 0. The number of anilines is 2. The lowest BCUT2D eigenvalue weighted by Crippen LogP contribution is -2.44. The maximum Gasteiger partial charge on any atom is 0.292 e. The fourth-order valence-corrected chi connectivity index (χ4v) is 8.25. The summed E-state index contributed by atoms with van der Waals surface area (Å²) in [6, 6.07) is 20.0. The van der Waals surface area contributed by atoms with Gasteiger partial charge in [0.1, 0.15) is 12.3 Å². The van der Waals surface area contributed by atoms with Crippen molar-refractivity contribution in [2.75, 3.05) is 31.8 Å². The number of rotatable bonds is 4. The Morgan fingerprint density at radius 3 is 2.07 bits per heavy atom. The number of ketones is 1. The first-order valence-corrected chi connectivity index (χ1v) is 14.4. The van der Waals surface area contributed by atoms with Gasteiger partial charge in [0.25, 0.3) is 11.7 Å². The van der Waals surface area contributed by atoms with E-state index in [-0.39, 0.29) is 30.0 Å². The van der Waals surface area contributed by atoms with Crippen LogP contribution in [0.4, 0.5) is 11.4 Å². The highest BCUT2D eigenvalue weighted by Crippen LogP contribution is 2.60. The van der Waals surface area contributed by atoms with Crippen molar-refractivity contribution >= 4 is 45.8 Å². The molecule has 3 aromatic carbocycles. The number of carbonyl (C=O) groups is 4. The second-order valence-corrected chi connectivity index (χ2v) is 12.0. The number of amides is 3. The van der Waals surface area contributed by atoms with Crippen LogP contribution in [0.5, 0.6) is 0 Å². The number of aromatic nitrogens is 1. The molecule has 43 heavy (non-hydrogen) atoms. The number of nitrogens with one attached hydrogen (secondary N) is 4. The standard InChI is InChI=1S/C33H30N6O4/c1-34-29(43)28(42)18-16-35-26-17(18)8-6-10-20(26)33-15-25(41)39(3)31(33)37-27-21(11-7-12-22(27)33)32-14-24(40)38(2)30(32)36-23-13-5-4-9-19(23)32/h4-13,16,30-31,35-37H,14-15H2,1-3H3,(H,34,43)/t30-,31+,32-,33-/m1/s1. The summed E-state index contributed by atoms with van der Waals surface area (Å²) >= 11 is 0. The number of H-pyrrole nitrogens is 1. The minimum absolute atomic E-state index is 0.00142. The van der Waals surface area contributed by atoms with Crippen LogP contribution in [0.1, 0.15) is 45.5 Å². The van der Waals surface area contributed by atoms with E-state index in [4.69, 9.17) is 0 Å². The second kappa shape index (κ2) is 8.47. The summed E-state index contributed by atoms with van der Waals surface area (Å²) < 4.78 is 0. The van der Waals surface area contributed by atoms with Crippen LogP contribution >= 0.6 is 0 Å². The van der Waals surface area contributed by atoms with Crippen LogP contribution in [0.25, 0.3) is 10.9 Å². The minimum Gasteiger partial charge on any atom is -0.364 e. The fourth-order valence-electron chi connectivity index (χ4n) is 8.25. The Balaban J connectivity index is 1.38. The average molecular weight is 575 g/mol. The Labute approximate surface area is 247 Å². The molecule has 0 aliphatic carbocycles. The van der Waals surface area contributed by atoms with Crippen molar-refractivity contribution in [1.82, 2.24) is 20.1 Å². The SMILES string of the molecule is CNC(=O)C(=O)c1c[nH]c2c([C@@]34CC(=O)N(C)[C@@H]3Nc3c([C@]56CC(=O)N(C)[C@H]5Nc5ccccc56)cccc34)cccc12. The van der Waals surface area contributed by atoms with Gasteiger partial charge in [0.2, 0.25) is 11.8 Å². The molecule has 1 aromatic heterocycles. The summed E-state index contributed by atoms with van der Waals surface area (Å²) in [4.78, 5) is 58.7. The molecule has 0 bridgehead atoms. The lowest BCUT2D eigenvalue weighted by Gasteiger charge is -2.33. The molecule has 2 fully saturated rings. The highest BCUT2D eigenvalue weighted by molar-refractivity contribution is 6.45. The third kappa shape index (κ3) is 2.97. The number of nitrogens with zero attached hydrogens (tertiary/aromatic N) is 2. The van der Waals surface area contributed by atoms with E-state index in [1.165, 1.54) is 7.05 Å². The molecule has 3 amide bonds. The molecule has 4 aliphatic heterocycles. The van der Waals surface area contributed by atoms with Gasteiger partial charge in [0, 0.05) is 56.9 Å². The summed E-state index contributed by atoms with van der Waals surface area (Å²) in [7, 11) is 5.08. The number of carbonyl (C=O) groups excluding carboxylic acids is 4. The molecular formula is C33H30N6O4. The minimum atomic E-state index is -0.791. The first kappa shape index (κ1) is 25.6. The van der Waals surface area contributed by atoms with Crippen LogP contribution in [0.2, 0.25) is 0 Å². The molecule has 5 heterocycles. The first-order valence-electron chi connectivity index (χ1n) is 14.4. The molecule has 0 unspecified atom stereocenters. The Bertz CT molecular complexity index is 1930. The zero-order valence-corrected chi connectivity index (χ0v) is 23.9. The lowest BCUT2D eigenvalue weighted by atomic mass is 9.69. The van der Waals surface area contributed by atoms with Gasteiger partial charge in [-0.2, -0.15) is 0 Å². The van der Waals surface area contributed by atoms with Crippen LogP contribution in [-0.2, 0) is 25.2 Å². The van der Waals surface area contributed by atoms with Gasteiger partial charge in [-0.05, 0) is 28.3 Å². The van der Waals surface area contributed by atoms with Gasteiger partial charge in [-0.1, -0.05) is 54.6 Å². The Morgan fingerprint density at radius 1 is 0.791 bits per heavy atom. The van der Waals surface area contributed by atoms with E-state index >= 15 is 0 Å². The number of benzene rings is 3. The van der Waals surface area contributed by atoms with Crippen LogP contribution in [0.15, 0.2) is 66.9 Å². The second-order valence-electron chi connectivity index (χ2n) is 12.0. The lowest BCUT2D eigenvalue weighted by molar-refractivity contribution is -0.128. The van der Waals surface area contributed by atoms with E-state index < -0.39 is 28.7 Å². The molecule has 4 aromatic rings. The fraction of sp³-hybridized carbons (Fsp3) is 0.273. The monoisotopic (exact) mass is 574 g/mol. The molecule has 216 valence electrons. The number of hydrogen-bond donors (Lipinski definition) is 4. The highest BCUT2D eigenvalue weighted by atomic mass is 16.2. The molecule has 0 radical (unpaired) electrons. The third-order valence-corrected chi connectivity index (χ3v) is 10.2. The Morgan fingerprint density at radius 2 is 1.37 bits per heavy atom. The maximum atomic E-state index is 13.4. The molecule has 0 saturated carbocycles. The quantitative estimate of drug-likeness (QED) is 0.219. The van der Waals surface area contributed by atoms with E-state index in [0.29, 0.717) is 17.3 Å². The molecule has 4 N–H and O–H groups in total. The van der Waals surface area contributed by atoms with Crippen LogP contribution in [0, 0.1) is 0 Å². The predicted octanol–water partition coefficient (Wildman–Crippen LogP) is 2.90. The van der Waals surface area contributed by atoms with E-state index in [0.717, 1.165) is 33.6 Å². The number of hydrogen-bond acceptors (Lipinski definition) is 6. The summed E-state index contributed by atoms with van der Waals surface area (Å²) in [5.41, 5.74) is 5.42. The smallest absolute Gasteiger partial charge is 0.292 e. The van der Waals surface area contributed by atoms with Gasteiger partial charge < -0.3 is 30.7 Å². The van der Waals surface area contributed by atoms with Gasteiger partial charge >= 0.3 is 0 Å². The summed E-state index contributed by atoms with van der Waals surface area (Å²) in [5.74, 6) is -1.25. The van der Waals surface area contributed by atoms with Crippen molar-refractivity contribution in [3.63, 3.8) is 0 Å². The topological polar surface area (TPSA) is 127 Å². The van der Waals surface area contributed by atoms with Crippen LogP contribution in [0.3, 0.4) is 0 Å². The number of fused-ring (bicyclic) bond motifs is 7. The van der Waals surface area contributed by atoms with Crippen molar-refractivity contribution in [2.24, 2.45) is 0 Å². The normalized spacial score (nSPS) is 26.6. The van der Waals surface area contributed by atoms with E-state index in [2.05, 4.69) is 45.2 Å². The number of aromatic amines is 1. The predicted molar refractivity (Wildman–Crippen MR) is 161 cm³/mol. The number of likely N-dealkylation sites (N-methyl/N-ethyl adjacent to an activating group) is 3.